The first-order valence-electron chi connectivity index (χ1n) is 8.78. The zero-order chi connectivity index (χ0) is 14.0. The fourth-order valence-corrected chi connectivity index (χ4v) is 4.92. The maximum atomic E-state index is 13.2. The Morgan fingerprint density at radius 2 is 1.70 bits per heavy atom. The van der Waals surface area contributed by atoms with Crippen molar-refractivity contribution in [1.29, 1.82) is 0 Å². The summed E-state index contributed by atoms with van der Waals surface area (Å²) in [6, 6.07) is 0.537. The van der Waals surface area contributed by atoms with Crippen molar-refractivity contribution in [3.8, 4) is 0 Å². The molecule has 2 aliphatic carbocycles. The maximum absolute atomic E-state index is 13.2. The van der Waals surface area contributed by atoms with Crippen LogP contribution in [0.4, 0.5) is 0 Å². The van der Waals surface area contributed by atoms with Gasteiger partial charge in [0.1, 0.15) is 0 Å². The highest BCUT2D eigenvalue weighted by Gasteiger charge is 2.45. The number of carbonyl (C=O) groups is 1. The molecule has 0 aromatic carbocycles. The number of rotatable bonds is 2. The molecule has 2 N–H and O–H groups in total. The third-order valence-corrected chi connectivity index (χ3v) is 6.16. The van der Waals surface area contributed by atoms with Crippen molar-refractivity contribution in [1.82, 2.24) is 4.90 Å². The van der Waals surface area contributed by atoms with Crippen LogP contribution < -0.4 is 5.73 Å². The normalized spacial score (nSPS) is 33.5. The predicted molar refractivity (Wildman–Crippen MR) is 81.3 cm³/mol. The molecule has 3 fully saturated rings. The molecule has 3 aliphatic rings. The summed E-state index contributed by atoms with van der Waals surface area (Å²) >= 11 is 0. The minimum Gasteiger partial charge on any atom is -0.339 e. The van der Waals surface area contributed by atoms with Gasteiger partial charge in [-0.3, -0.25) is 4.79 Å². The molecular weight excluding hydrogens is 248 g/mol. The van der Waals surface area contributed by atoms with Gasteiger partial charge >= 0.3 is 0 Å². The molecule has 0 radical (unpaired) electrons. The number of nitrogens with zero attached hydrogens (tertiary/aromatic N) is 1. The zero-order valence-corrected chi connectivity index (χ0v) is 12.8. The SMILES string of the molecule is NCC1(C(=O)N2CCC[C@H]3CCCC[C@H]32)CCCCC1. The fourth-order valence-electron chi connectivity index (χ4n) is 4.92. The first-order chi connectivity index (χ1) is 9.77. The van der Waals surface area contributed by atoms with Gasteiger partial charge in [0.05, 0.1) is 5.41 Å². The number of amides is 1. The van der Waals surface area contributed by atoms with E-state index in [2.05, 4.69) is 4.90 Å². The van der Waals surface area contributed by atoms with Crippen LogP contribution in [0.3, 0.4) is 0 Å². The molecule has 1 aliphatic heterocycles. The summed E-state index contributed by atoms with van der Waals surface area (Å²) in [6.45, 7) is 1.54. The third kappa shape index (κ3) is 2.49. The number of hydrogen-bond acceptors (Lipinski definition) is 2. The molecule has 2 atom stereocenters. The van der Waals surface area contributed by atoms with Crippen LogP contribution in [0, 0.1) is 11.3 Å². The Morgan fingerprint density at radius 1 is 1.00 bits per heavy atom. The molecule has 0 spiro atoms. The first kappa shape index (κ1) is 14.4. The monoisotopic (exact) mass is 278 g/mol. The van der Waals surface area contributed by atoms with Crippen LogP contribution in [0.1, 0.15) is 70.6 Å². The number of hydrogen-bond donors (Lipinski definition) is 1. The Balaban J connectivity index is 1.77. The lowest BCUT2D eigenvalue weighted by Crippen LogP contribution is -2.56. The zero-order valence-electron chi connectivity index (χ0n) is 12.8. The predicted octanol–water partition coefficient (Wildman–Crippen LogP) is 3.08. The summed E-state index contributed by atoms with van der Waals surface area (Å²) in [5, 5.41) is 0. The molecule has 1 heterocycles. The average Bonchev–Trinajstić information content (AvgIpc) is 2.54. The van der Waals surface area contributed by atoms with Crippen molar-refractivity contribution in [2.75, 3.05) is 13.1 Å². The van der Waals surface area contributed by atoms with Gasteiger partial charge in [-0.25, -0.2) is 0 Å². The number of piperidine rings is 1. The number of nitrogens with two attached hydrogens (primary N) is 1. The Hall–Kier alpha value is -0.570. The Morgan fingerprint density at radius 3 is 2.45 bits per heavy atom. The van der Waals surface area contributed by atoms with Crippen molar-refractivity contribution in [2.45, 2.75) is 76.7 Å². The van der Waals surface area contributed by atoms with E-state index in [4.69, 9.17) is 5.73 Å². The minimum atomic E-state index is -0.211. The van der Waals surface area contributed by atoms with Gasteiger partial charge in [-0.1, -0.05) is 32.1 Å². The number of fused-ring (bicyclic) bond motifs is 1. The molecular formula is C17H30N2O. The van der Waals surface area contributed by atoms with Crippen LogP contribution in [0.25, 0.3) is 0 Å². The third-order valence-electron chi connectivity index (χ3n) is 6.16. The highest BCUT2D eigenvalue weighted by Crippen LogP contribution is 2.41. The highest BCUT2D eigenvalue weighted by atomic mass is 16.2. The van der Waals surface area contributed by atoms with Crippen molar-refractivity contribution in [2.24, 2.45) is 17.1 Å². The second kappa shape index (κ2) is 6.05. The van der Waals surface area contributed by atoms with Gasteiger partial charge in [0.15, 0.2) is 0 Å². The van der Waals surface area contributed by atoms with Gasteiger partial charge in [-0.05, 0) is 44.4 Å². The largest absolute Gasteiger partial charge is 0.339 e. The molecule has 0 unspecified atom stereocenters. The molecule has 20 heavy (non-hydrogen) atoms. The Labute approximate surface area is 123 Å². The van der Waals surface area contributed by atoms with E-state index in [1.165, 1.54) is 57.8 Å². The van der Waals surface area contributed by atoms with E-state index >= 15 is 0 Å². The lowest BCUT2D eigenvalue weighted by Gasteiger charge is -2.48. The van der Waals surface area contributed by atoms with E-state index in [1.54, 1.807) is 0 Å². The van der Waals surface area contributed by atoms with Crippen molar-refractivity contribution in [3.05, 3.63) is 0 Å². The van der Waals surface area contributed by atoms with E-state index in [0.29, 0.717) is 18.5 Å². The molecule has 2 saturated carbocycles. The fraction of sp³-hybridized carbons (Fsp3) is 0.941. The Kier molecular flexibility index (Phi) is 4.34. The topological polar surface area (TPSA) is 46.3 Å². The summed E-state index contributed by atoms with van der Waals surface area (Å²) in [4.78, 5) is 15.5. The lowest BCUT2D eigenvalue weighted by molar-refractivity contribution is -0.150. The molecule has 114 valence electrons. The summed E-state index contributed by atoms with van der Waals surface area (Å²) in [5.74, 6) is 1.19. The van der Waals surface area contributed by atoms with Gasteiger partial charge in [-0.15, -0.1) is 0 Å². The van der Waals surface area contributed by atoms with Crippen molar-refractivity contribution in [3.63, 3.8) is 0 Å². The molecule has 1 amide bonds. The van der Waals surface area contributed by atoms with Crippen LogP contribution in [0.5, 0.6) is 0 Å². The molecule has 1 saturated heterocycles. The van der Waals surface area contributed by atoms with E-state index in [-0.39, 0.29) is 5.41 Å². The average molecular weight is 278 g/mol. The first-order valence-corrected chi connectivity index (χ1v) is 8.78. The van der Waals surface area contributed by atoms with Gasteiger partial charge < -0.3 is 10.6 Å². The quantitative estimate of drug-likeness (QED) is 0.843. The summed E-state index contributed by atoms with van der Waals surface area (Å²) in [6.07, 6.45) is 13.5. The van der Waals surface area contributed by atoms with E-state index < -0.39 is 0 Å². The van der Waals surface area contributed by atoms with Crippen LogP contribution in [-0.4, -0.2) is 29.9 Å². The highest BCUT2D eigenvalue weighted by molar-refractivity contribution is 5.83. The summed E-state index contributed by atoms with van der Waals surface area (Å²) in [7, 11) is 0. The van der Waals surface area contributed by atoms with E-state index in [1.807, 2.05) is 0 Å². The molecule has 3 heteroatoms. The maximum Gasteiger partial charge on any atom is 0.230 e. The van der Waals surface area contributed by atoms with Gasteiger partial charge in [0.25, 0.3) is 0 Å². The van der Waals surface area contributed by atoms with E-state index in [0.717, 1.165) is 25.3 Å². The summed E-state index contributed by atoms with van der Waals surface area (Å²) < 4.78 is 0. The number of carbonyl (C=O) groups excluding carboxylic acids is 1. The summed E-state index contributed by atoms with van der Waals surface area (Å²) in [5.41, 5.74) is 5.86. The lowest BCUT2D eigenvalue weighted by atomic mass is 9.71. The van der Waals surface area contributed by atoms with Crippen molar-refractivity contribution < 1.29 is 4.79 Å². The molecule has 0 aromatic rings. The van der Waals surface area contributed by atoms with Gasteiger partial charge in [0, 0.05) is 19.1 Å². The molecule has 0 aromatic heterocycles. The standard InChI is InChI=1S/C17H30N2O/c18-13-17(10-4-1-5-11-17)16(20)19-12-6-8-14-7-2-3-9-15(14)19/h14-15H,1-13,18H2/t14-,15-/m1/s1. The van der Waals surface area contributed by atoms with Crippen molar-refractivity contribution >= 4 is 5.91 Å². The van der Waals surface area contributed by atoms with Gasteiger partial charge in [-0.2, -0.15) is 0 Å². The minimum absolute atomic E-state index is 0.211. The van der Waals surface area contributed by atoms with Gasteiger partial charge in [0.2, 0.25) is 5.91 Å². The van der Waals surface area contributed by atoms with Crippen LogP contribution in [0.2, 0.25) is 0 Å². The Bertz CT molecular complexity index is 347. The second-order valence-electron chi connectivity index (χ2n) is 7.30. The molecule has 3 rings (SSSR count). The van der Waals surface area contributed by atoms with Crippen LogP contribution >= 0.6 is 0 Å². The van der Waals surface area contributed by atoms with Crippen LogP contribution in [-0.2, 0) is 4.79 Å². The second-order valence-corrected chi connectivity index (χ2v) is 7.30. The number of likely N-dealkylation sites (tertiary alicyclic amines) is 1. The smallest absolute Gasteiger partial charge is 0.230 e. The van der Waals surface area contributed by atoms with Crippen LogP contribution in [0.15, 0.2) is 0 Å². The molecule has 0 bridgehead atoms. The van der Waals surface area contributed by atoms with E-state index in [9.17, 15) is 4.79 Å². The molecule has 3 nitrogen and oxygen atoms in total.